The number of hydrogen-bond donors (Lipinski definition) is 1. The summed E-state index contributed by atoms with van der Waals surface area (Å²) in [5, 5.41) is 13.8. The Labute approximate surface area is 178 Å². The second-order valence-electron chi connectivity index (χ2n) is 5.41. The average molecular weight is 479 g/mol. The molecule has 2 aromatic rings. The van der Waals surface area contributed by atoms with Gasteiger partial charge in [0, 0.05) is 6.92 Å². The van der Waals surface area contributed by atoms with Crippen molar-refractivity contribution in [2.45, 2.75) is 6.92 Å². The highest BCUT2D eigenvalue weighted by atomic mass is 79.9. The number of nitrogens with zero attached hydrogens (tertiary/aromatic N) is 1. The Bertz CT molecular complexity index is 1040. The Kier molecular flexibility index (Phi) is 7.52. The van der Waals surface area contributed by atoms with Gasteiger partial charge >= 0.3 is 11.9 Å². The molecule has 0 bridgehead atoms. The molecule has 1 aromatic carbocycles. The van der Waals surface area contributed by atoms with Crippen molar-refractivity contribution in [1.82, 2.24) is 0 Å². The first-order valence-electron chi connectivity index (χ1n) is 7.95. The fourth-order valence-corrected chi connectivity index (χ4v) is 3.54. The highest BCUT2D eigenvalue weighted by Crippen LogP contribution is 2.37. The van der Waals surface area contributed by atoms with Crippen LogP contribution in [0.4, 0.5) is 5.00 Å². The topological polar surface area (TPSA) is 115 Å². The number of esters is 2. The molecule has 1 aromatic heterocycles. The molecule has 1 heterocycles. The molecule has 2 rings (SSSR count). The van der Waals surface area contributed by atoms with Crippen LogP contribution in [0.1, 0.15) is 22.8 Å². The number of halogens is 1. The number of benzene rings is 1. The van der Waals surface area contributed by atoms with Crippen molar-refractivity contribution in [3.63, 3.8) is 0 Å². The number of carbonyl (C=O) groups excluding carboxylic acids is 3. The summed E-state index contributed by atoms with van der Waals surface area (Å²) in [6.45, 7) is 1.25. The lowest BCUT2D eigenvalue weighted by molar-refractivity contribution is -0.132. The first-order valence-corrected chi connectivity index (χ1v) is 9.62. The molecule has 0 aliphatic heterocycles. The third-order valence-corrected chi connectivity index (χ3v) is 4.89. The van der Waals surface area contributed by atoms with Gasteiger partial charge in [-0.05, 0) is 51.1 Å². The molecule has 10 heteroatoms. The largest absolute Gasteiger partial charge is 0.493 e. The number of ether oxygens (including phenoxy) is 3. The van der Waals surface area contributed by atoms with E-state index in [1.165, 1.54) is 39.4 Å². The average Bonchev–Trinajstić information content (AvgIpc) is 3.14. The summed E-state index contributed by atoms with van der Waals surface area (Å²) < 4.78 is 15.4. The van der Waals surface area contributed by atoms with Crippen LogP contribution in [0.25, 0.3) is 6.08 Å². The maximum atomic E-state index is 12.5. The van der Waals surface area contributed by atoms with E-state index in [1.807, 2.05) is 6.07 Å². The van der Waals surface area contributed by atoms with Crippen LogP contribution in [0.2, 0.25) is 0 Å². The minimum atomic E-state index is -0.695. The van der Waals surface area contributed by atoms with E-state index >= 15 is 0 Å². The molecule has 8 nitrogen and oxygen atoms in total. The van der Waals surface area contributed by atoms with Crippen molar-refractivity contribution in [2.24, 2.45) is 0 Å². The number of hydrogen-bond acceptors (Lipinski definition) is 8. The third kappa shape index (κ3) is 5.43. The SMILES string of the molecule is COC(=O)c1ccsc1NC(=O)/C(C#N)=C/c1cc(Br)c(OC(C)=O)c(OC)c1. The number of carbonyl (C=O) groups is 3. The van der Waals surface area contributed by atoms with E-state index in [9.17, 15) is 19.6 Å². The fourth-order valence-electron chi connectivity index (χ4n) is 2.23. The lowest BCUT2D eigenvalue weighted by atomic mass is 10.1. The van der Waals surface area contributed by atoms with E-state index in [-0.39, 0.29) is 27.6 Å². The van der Waals surface area contributed by atoms with E-state index in [2.05, 4.69) is 26.0 Å². The van der Waals surface area contributed by atoms with Gasteiger partial charge in [-0.2, -0.15) is 5.26 Å². The lowest BCUT2D eigenvalue weighted by Crippen LogP contribution is -2.15. The normalized spacial score (nSPS) is 10.7. The summed E-state index contributed by atoms with van der Waals surface area (Å²) in [7, 11) is 2.63. The van der Waals surface area contributed by atoms with Crippen LogP contribution in [-0.4, -0.2) is 32.1 Å². The Morgan fingerprint density at radius 2 is 2.00 bits per heavy atom. The molecule has 0 saturated carbocycles. The summed E-state index contributed by atoms with van der Waals surface area (Å²) in [5.74, 6) is -1.40. The van der Waals surface area contributed by atoms with Gasteiger partial charge in [-0.15, -0.1) is 11.3 Å². The van der Waals surface area contributed by atoms with Crippen LogP contribution in [0.3, 0.4) is 0 Å². The maximum absolute atomic E-state index is 12.5. The van der Waals surface area contributed by atoms with Crippen molar-refractivity contribution in [3.05, 3.63) is 44.8 Å². The van der Waals surface area contributed by atoms with E-state index in [1.54, 1.807) is 11.4 Å². The molecule has 0 spiro atoms. The van der Waals surface area contributed by atoms with Crippen LogP contribution < -0.4 is 14.8 Å². The molecule has 0 fully saturated rings. The molecule has 0 aliphatic rings. The third-order valence-electron chi connectivity index (χ3n) is 3.47. The molecule has 0 aliphatic carbocycles. The molecular weight excluding hydrogens is 464 g/mol. The Morgan fingerprint density at radius 3 is 2.59 bits per heavy atom. The van der Waals surface area contributed by atoms with Gasteiger partial charge in [0.15, 0.2) is 11.5 Å². The molecule has 0 atom stereocenters. The monoisotopic (exact) mass is 478 g/mol. The number of rotatable bonds is 6. The van der Waals surface area contributed by atoms with Gasteiger partial charge < -0.3 is 19.5 Å². The van der Waals surface area contributed by atoms with Crippen LogP contribution in [0.5, 0.6) is 11.5 Å². The zero-order chi connectivity index (χ0) is 21.6. The van der Waals surface area contributed by atoms with Crippen molar-refractivity contribution < 1.29 is 28.6 Å². The molecule has 1 N–H and O–H groups in total. The summed E-state index contributed by atoms with van der Waals surface area (Å²) in [5.41, 5.74) is 0.442. The predicted octanol–water partition coefficient (Wildman–Crippen LogP) is 3.78. The van der Waals surface area contributed by atoms with Gasteiger partial charge in [0.05, 0.1) is 24.3 Å². The summed E-state index contributed by atoms with van der Waals surface area (Å²) in [4.78, 5) is 35.5. The van der Waals surface area contributed by atoms with Crippen LogP contribution >= 0.6 is 27.3 Å². The van der Waals surface area contributed by atoms with Gasteiger partial charge in [0.25, 0.3) is 5.91 Å². The summed E-state index contributed by atoms with van der Waals surface area (Å²) in [6.07, 6.45) is 1.34. The molecule has 29 heavy (non-hydrogen) atoms. The standard InChI is InChI=1S/C19H15BrN2O6S/c1-10(23)28-16-14(20)7-11(8-15(16)26-2)6-12(9-21)17(24)22-18-13(4-5-29-18)19(25)27-3/h4-8H,1-3H3,(H,22,24)/b12-6+. The van der Waals surface area contributed by atoms with E-state index < -0.39 is 17.8 Å². The minimum Gasteiger partial charge on any atom is -0.493 e. The van der Waals surface area contributed by atoms with Gasteiger partial charge in [0.1, 0.15) is 16.6 Å². The summed E-state index contributed by atoms with van der Waals surface area (Å²) >= 11 is 4.41. The zero-order valence-electron chi connectivity index (χ0n) is 15.6. The highest BCUT2D eigenvalue weighted by molar-refractivity contribution is 9.10. The van der Waals surface area contributed by atoms with Crippen LogP contribution in [0, 0.1) is 11.3 Å². The molecule has 150 valence electrons. The van der Waals surface area contributed by atoms with Gasteiger partial charge in [-0.3, -0.25) is 9.59 Å². The molecule has 0 unspecified atom stereocenters. The molecule has 1 amide bonds. The Morgan fingerprint density at radius 1 is 1.28 bits per heavy atom. The van der Waals surface area contributed by atoms with Crippen molar-refractivity contribution in [2.75, 3.05) is 19.5 Å². The van der Waals surface area contributed by atoms with Crippen molar-refractivity contribution in [1.29, 1.82) is 5.26 Å². The number of thiophene rings is 1. The van der Waals surface area contributed by atoms with Gasteiger partial charge in [-0.1, -0.05) is 0 Å². The van der Waals surface area contributed by atoms with E-state index in [4.69, 9.17) is 9.47 Å². The quantitative estimate of drug-likeness (QED) is 0.290. The lowest BCUT2D eigenvalue weighted by Gasteiger charge is -2.11. The fraction of sp³-hybridized carbons (Fsp3) is 0.158. The molecular formula is C19H15BrN2O6S. The number of amides is 1. The highest BCUT2D eigenvalue weighted by Gasteiger charge is 2.18. The first-order chi connectivity index (χ1) is 13.8. The number of nitrogens with one attached hydrogen (secondary N) is 1. The van der Waals surface area contributed by atoms with Gasteiger partial charge in [-0.25, -0.2) is 4.79 Å². The molecule has 0 saturated heterocycles. The van der Waals surface area contributed by atoms with Crippen LogP contribution in [0.15, 0.2) is 33.6 Å². The van der Waals surface area contributed by atoms with E-state index in [0.29, 0.717) is 10.0 Å². The predicted molar refractivity (Wildman–Crippen MR) is 110 cm³/mol. The number of nitriles is 1. The minimum absolute atomic E-state index is 0.182. The first kappa shape index (κ1) is 22.1. The molecule has 0 radical (unpaired) electrons. The van der Waals surface area contributed by atoms with Crippen molar-refractivity contribution >= 4 is 56.2 Å². The Hall–Kier alpha value is -3.16. The van der Waals surface area contributed by atoms with Crippen molar-refractivity contribution in [3.8, 4) is 17.6 Å². The number of methoxy groups -OCH3 is 2. The number of anilines is 1. The summed E-state index contributed by atoms with van der Waals surface area (Å²) in [6, 6.07) is 6.42. The smallest absolute Gasteiger partial charge is 0.340 e. The van der Waals surface area contributed by atoms with E-state index in [0.717, 1.165) is 11.3 Å². The van der Waals surface area contributed by atoms with Crippen LogP contribution in [-0.2, 0) is 14.3 Å². The zero-order valence-corrected chi connectivity index (χ0v) is 18.0. The second kappa shape index (κ2) is 9.86. The van der Waals surface area contributed by atoms with Gasteiger partial charge in [0.2, 0.25) is 0 Å². The second-order valence-corrected chi connectivity index (χ2v) is 7.18. The Balaban J connectivity index is 2.34. The maximum Gasteiger partial charge on any atom is 0.340 e.